The molecule has 0 aliphatic heterocycles. The van der Waals surface area contributed by atoms with E-state index >= 15 is 0 Å². The molecular weight excluding hydrogens is 340 g/mol. The lowest BCUT2D eigenvalue weighted by Gasteiger charge is -2.08. The van der Waals surface area contributed by atoms with E-state index < -0.39 is 4.92 Å². The third-order valence-electron chi connectivity index (χ3n) is 3.08. The van der Waals surface area contributed by atoms with Gasteiger partial charge in [0.05, 0.1) is 4.92 Å². The molecule has 9 heteroatoms. The number of halogens is 1. The van der Waals surface area contributed by atoms with Gasteiger partial charge in [0, 0.05) is 29.6 Å². The smallest absolute Gasteiger partial charge is 0.270 e. The summed E-state index contributed by atoms with van der Waals surface area (Å²) in [6.07, 6.45) is 0. The molecule has 1 unspecified atom stereocenters. The summed E-state index contributed by atoms with van der Waals surface area (Å²) in [5.41, 5.74) is 6.60. The SMILES string of the molecule is CC(CN)CNC(=O)c1csc(-c2ccc([N+](=O)[O-])cc2)n1.Cl. The van der Waals surface area contributed by atoms with Gasteiger partial charge in [-0.15, -0.1) is 23.7 Å². The maximum atomic E-state index is 12.0. The molecule has 1 amide bonds. The van der Waals surface area contributed by atoms with Gasteiger partial charge in [-0.2, -0.15) is 0 Å². The number of carbonyl (C=O) groups is 1. The molecule has 124 valence electrons. The van der Waals surface area contributed by atoms with Crippen LogP contribution in [0.15, 0.2) is 29.6 Å². The number of carbonyl (C=O) groups excluding carboxylic acids is 1. The van der Waals surface area contributed by atoms with Crippen LogP contribution in [0.3, 0.4) is 0 Å². The van der Waals surface area contributed by atoms with Gasteiger partial charge in [0.2, 0.25) is 0 Å². The lowest BCUT2D eigenvalue weighted by molar-refractivity contribution is -0.384. The van der Waals surface area contributed by atoms with Crippen molar-refractivity contribution < 1.29 is 9.72 Å². The van der Waals surface area contributed by atoms with Gasteiger partial charge in [0.1, 0.15) is 10.7 Å². The second-order valence-electron chi connectivity index (χ2n) is 4.89. The van der Waals surface area contributed by atoms with Crippen molar-refractivity contribution in [3.63, 3.8) is 0 Å². The molecule has 0 saturated carbocycles. The van der Waals surface area contributed by atoms with E-state index in [0.29, 0.717) is 23.8 Å². The van der Waals surface area contributed by atoms with E-state index in [1.165, 1.54) is 23.5 Å². The first-order chi connectivity index (χ1) is 10.5. The van der Waals surface area contributed by atoms with E-state index in [4.69, 9.17) is 5.73 Å². The molecule has 2 aromatic rings. The Kier molecular flexibility index (Phi) is 7.08. The molecule has 7 nitrogen and oxygen atoms in total. The van der Waals surface area contributed by atoms with Gasteiger partial charge in [-0.1, -0.05) is 6.92 Å². The first-order valence-electron chi connectivity index (χ1n) is 6.70. The van der Waals surface area contributed by atoms with Gasteiger partial charge >= 0.3 is 0 Å². The Bertz CT molecular complexity index is 675. The summed E-state index contributed by atoms with van der Waals surface area (Å²) in [7, 11) is 0. The van der Waals surface area contributed by atoms with Crippen molar-refractivity contribution in [1.29, 1.82) is 0 Å². The Balaban J connectivity index is 0.00000264. The zero-order chi connectivity index (χ0) is 16.1. The molecule has 0 spiro atoms. The summed E-state index contributed by atoms with van der Waals surface area (Å²) in [6, 6.07) is 6.07. The zero-order valence-corrected chi connectivity index (χ0v) is 14.0. The molecule has 0 aliphatic carbocycles. The molecule has 1 atom stereocenters. The topological polar surface area (TPSA) is 111 Å². The van der Waals surface area contributed by atoms with E-state index in [-0.39, 0.29) is 29.9 Å². The highest BCUT2D eigenvalue weighted by Gasteiger charge is 2.13. The van der Waals surface area contributed by atoms with Crippen LogP contribution in [0.25, 0.3) is 10.6 Å². The number of nitrogens with zero attached hydrogens (tertiary/aromatic N) is 2. The molecule has 0 saturated heterocycles. The maximum Gasteiger partial charge on any atom is 0.270 e. The number of benzene rings is 1. The molecule has 0 bridgehead atoms. The Morgan fingerprint density at radius 2 is 2.09 bits per heavy atom. The van der Waals surface area contributed by atoms with Gasteiger partial charge in [-0.3, -0.25) is 14.9 Å². The number of nitro groups is 1. The first-order valence-corrected chi connectivity index (χ1v) is 7.58. The summed E-state index contributed by atoms with van der Waals surface area (Å²) in [4.78, 5) is 26.4. The fourth-order valence-electron chi connectivity index (χ4n) is 1.68. The Hall–Kier alpha value is -2.03. The number of hydrogen-bond acceptors (Lipinski definition) is 6. The van der Waals surface area contributed by atoms with Crippen LogP contribution in [0.4, 0.5) is 5.69 Å². The Morgan fingerprint density at radius 1 is 1.43 bits per heavy atom. The fraction of sp³-hybridized carbons (Fsp3) is 0.286. The third kappa shape index (κ3) is 4.98. The van der Waals surface area contributed by atoms with Gasteiger partial charge in [-0.25, -0.2) is 4.98 Å². The van der Waals surface area contributed by atoms with Crippen LogP contribution < -0.4 is 11.1 Å². The summed E-state index contributed by atoms with van der Waals surface area (Å²) in [6.45, 7) is 2.95. The molecule has 23 heavy (non-hydrogen) atoms. The van der Waals surface area contributed by atoms with E-state index in [1.54, 1.807) is 17.5 Å². The standard InChI is InChI=1S/C14H16N4O3S.ClH/c1-9(6-15)7-16-13(19)12-8-22-14(17-12)10-2-4-11(5-3-10)18(20)21;/h2-5,8-9H,6-7,15H2,1H3,(H,16,19);1H. The molecule has 0 fully saturated rings. The van der Waals surface area contributed by atoms with Crippen LogP contribution in [0, 0.1) is 16.0 Å². The van der Waals surface area contributed by atoms with Gasteiger partial charge in [0.25, 0.3) is 11.6 Å². The monoisotopic (exact) mass is 356 g/mol. The van der Waals surface area contributed by atoms with Crippen molar-refractivity contribution in [3.8, 4) is 10.6 Å². The van der Waals surface area contributed by atoms with Crippen molar-refractivity contribution in [3.05, 3.63) is 45.5 Å². The summed E-state index contributed by atoms with van der Waals surface area (Å²) < 4.78 is 0. The van der Waals surface area contributed by atoms with Crippen LogP contribution in [0.2, 0.25) is 0 Å². The average molecular weight is 357 g/mol. The van der Waals surface area contributed by atoms with E-state index in [0.717, 1.165) is 5.56 Å². The minimum atomic E-state index is -0.455. The molecule has 0 radical (unpaired) electrons. The number of amides is 1. The fourth-order valence-corrected chi connectivity index (χ4v) is 2.48. The summed E-state index contributed by atoms with van der Waals surface area (Å²) in [5.74, 6) is -0.0403. The molecule has 1 aromatic heterocycles. The largest absolute Gasteiger partial charge is 0.350 e. The van der Waals surface area contributed by atoms with E-state index in [1.807, 2.05) is 6.92 Å². The van der Waals surface area contributed by atoms with Crippen molar-refractivity contribution in [2.75, 3.05) is 13.1 Å². The van der Waals surface area contributed by atoms with Crippen LogP contribution in [0.5, 0.6) is 0 Å². The second-order valence-corrected chi connectivity index (χ2v) is 5.75. The number of rotatable bonds is 6. The molecule has 2 rings (SSSR count). The molecule has 0 aliphatic rings. The lowest BCUT2D eigenvalue weighted by Crippen LogP contribution is -2.31. The number of nitrogens with one attached hydrogen (secondary N) is 1. The van der Waals surface area contributed by atoms with Crippen LogP contribution in [-0.4, -0.2) is 28.9 Å². The number of nitrogens with two attached hydrogens (primary N) is 1. The Morgan fingerprint density at radius 3 is 2.65 bits per heavy atom. The van der Waals surface area contributed by atoms with Gasteiger partial charge in [0.15, 0.2) is 0 Å². The van der Waals surface area contributed by atoms with Crippen molar-refractivity contribution in [2.24, 2.45) is 11.7 Å². The number of non-ortho nitro benzene ring substituents is 1. The van der Waals surface area contributed by atoms with E-state index in [9.17, 15) is 14.9 Å². The zero-order valence-electron chi connectivity index (χ0n) is 12.4. The summed E-state index contributed by atoms with van der Waals surface area (Å²) in [5, 5.41) is 15.7. The second kappa shape index (κ2) is 8.56. The predicted molar refractivity (Wildman–Crippen MR) is 92.0 cm³/mol. The minimum Gasteiger partial charge on any atom is -0.350 e. The molecule has 3 N–H and O–H groups in total. The number of thiazole rings is 1. The highest BCUT2D eigenvalue weighted by Crippen LogP contribution is 2.25. The van der Waals surface area contributed by atoms with Crippen LogP contribution in [0.1, 0.15) is 17.4 Å². The summed E-state index contributed by atoms with van der Waals surface area (Å²) >= 11 is 1.32. The van der Waals surface area contributed by atoms with Gasteiger partial charge in [-0.05, 0) is 24.6 Å². The Labute approximate surface area is 143 Å². The van der Waals surface area contributed by atoms with Crippen molar-refractivity contribution >= 4 is 35.3 Å². The van der Waals surface area contributed by atoms with Crippen LogP contribution in [-0.2, 0) is 0 Å². The van der Waals surface area contributed by atoms with Crippen molar-refractivity contribution in [2.45, 2.75) is 6.92 Å². The maximum absolute atomic E-state index is 12.0. The minimum absolute atomic E-state index is 0. The number of hydrogen-bond donors (Lipinski definition) is 2. The number of aromatic nitrogens is 1. The van der Waals surface area contributed by atoms with Crippen LogP contribution >= 0.6 is 23.7 Å². The first kappa shape index (κ1) is 19.0. The van der Waals surface area contributed by atoms with Crippen molar-refractivity contribution in [1.82, 2.24) is 10.3 Å². The highest BCUT2D eigenvalue weighted by molar-refractivity contribution is 7.13. The number of nitro benzene ring substituents is 1. The van der Waals surface area contributed by atoms with Gasteiger partial charge < -0.3 is 11.1 Å². The molecule has 1 heterocycles. The predicted octanol–water partition coefficient (Wildman–Crippen LogP) is 2.46. The highest BCUT2D eigenvalue weighted by atomic mass is 35.5. The lowest BCUT2D eigenvalue weighted by atomic mass is 10.2. The molecule has 1 aromatic carbocycles. The average Bonchev–Trinajstić information content (AvgIpc) is 3.02. The third-order valence-corrected chi connectivity index (χ3v) is 3.97. The quantitative estimate of drug-likeness (QED) is 0.610. The van der Waals surface area contributed by atoms with E-state index in [2.05, 4.69) is 10.3 Å². The molecular formula is C14H17ClN4O3S. The normalized spacial score (nSPS) is 11.4.